The highest BCUT2D eigenvalue weighted by Crippen LogP contribution is 2.28. The highest BCUT2D eigenvalue weighted by Gasteiger charge is 2.16. The largest absolute Gasteiger partial charge is 0.497 e. The number of rotatable bonds is 9. The lowest BCUT2D eigenvalue weighted by Gasteiger charge is -2.09. The number of hydrogen-bond donors (Lipinski definition) is 2. The van der Waals surface area contributed by atoms with Crippen LogP contribution in [-0.2, 0) is 4.79 Å². The number of thioether (sulfide) groups is 1. The second-order valence-corrected chi connectivity index (χ2v) is 8.23. The second-order valence-electron chi connectivity index (χ2n) is 6.03. The van der Waals surface area contributed by atoms with Gasteiger partial charge >= 0.3 is 0 Å². The van der Waals surface area contributed by atoms with Gasteiger partial charge in [-0.1, -0.05) is 23.1 Å². The summed E-state index contributed by atoms with van der Waals surface area (Å²) >= 11 is 2.26. The Balaban J connectivity index is 1.54. The van der Waals surface area contributed by atoms with E-state index in [4.69, 9.17) is 9.47 Å². The van der Waals surface area contributed by atoms with E-state index >= 15 is 0 Å². The number of non-ortho nitro benzene ring substituents is 1. The summed E-state index contributed by atoms with van der Waals surface area (Å²) in [6.07, 6.45) is 0. The van der Waals surface area contributed by atoms with Gasteiger partial charge in [-0.25, -0.2) is 0 Å². The summed E-state index contributed by atoms with van der Waals surface area (Å²) in [4.78, 5) is 34.8. The number of carbonyl (C=O) groups excluding carboxylic acids is 2. The molecule has 2 amide bonds. The summed E-state index contributed by atoms with van der Waals surface area (Å²) in [5.74, 6) is 0.218. The van der Waals surface area contributed by atoms with Crippen molar-refractivity contribution in [3.8, 4) is 11.5 Å². The van der Waals surface area contributed by atoms with Crippen LogP contribution in [0.1, 0.15) is 10.4 Å². The third kappa shape index (κ3) is 5.92. The van der Waals surface area contributed by atoms with E-state index in [0.717, 1.165) is 23.1 Å². The van der Waals surface area contributed by atoms with Crippen LogP contribution in [0.3, 0.4) is 0 Å². The molecule has 13 heteroatoms. The quantitative estimate of drug-likeness (QED) is 0.206. The zero-order chi connectivity index (χ0) is 23.1. The van der Waals surface area contributed by atoms with Gasteiger partial charge in [-0.15, -0.1) is 10.2 Å². The van der Waals surface area contributed by atoms with Crippen molar-refractivity contribution in [3.63, 3.8) is 0 Å². The van der Waals surface area contributed by atoms with Gasteiger partial charge in [0.05, 0.1) is 30.5 Å². The van der Waals surface area contributed by atoms with Gasteiger partial charge < -0.3 is 14.8 Å². The lowest BCUT2D eigenvalue weighted by Crippen LogP contribution is -2.13. The molecule has 32 heavy (non-hydrogen) atoms. The summed E-state index contributed by atoms with van der Waals surface area (Å²) in [6, 6.07) is 10.3. The molecule has 0 saturated heterocycles. The zero-order valence-corrected chi connectivity index (χ0v) is 18.5. The van der Waals surface area contributed by atoms with Crippen molar-refractivity contribution in [1.82, 2.24) is 10.2 Å². The normalized spacial score (nSPS) is 10.3. The first-order chi connectivity index (χ1) is 15.4. The number of nitro benzene ring substituents is 1. The van der Waals surface area contributed by atoms with Gasteiger partial charge in [0.15, 0.2) is 4.34 Å². The predicted molar refractivity (Wildman–Crippen MR) is 120 cm³/mol. The standard InChI is InChI=1S/C19H17N5O6S2/c1-29-13-7-8-14(15(9-13)30-2)17(26)21-18-22-23-19(32-18)31-10-16(25)20-11-3-5-12(6-4-11)24(27)28/h3-9H,10H2,1-2H3,(H,20,25)(H,21,22,26). The Labute approximate surface area is 190 Å². The van der Waals surface area contributed by atoms with Gasteiger partial charge in [0.1, 0.15) is 11.5 Å². The number of amides is 2. The van der Waals surface area contributed by atoms with Crippen LogP contribution in [0.4, 0.5) is 16.5 Å². The van der Waals surface area contributed by atoms with Crippen molar-refractivity contribution < 1.29 is 24.0 Å². The van der Waals surface area contributed by atoms with Gasteiger partial charge in [-0.2, -0.15) is 0 Å². The van der Waals surface area contributed by atoms with E-state index in [2.05, 4.69) is 20.8 Å². The number of nitrogens with zero attached hydrogens (tertiary/aromatic N) is 3. The number of nitro groups is 1. The maximum atomic E-state index is 12.5. The first-order valence-corrected chi connectivity index (χ1v) is 10.7. The first-order valence-electron chi connectivity index (χ1n) is 8.93. The minimum absolute atomic E-state index is 0.0475. The minimum atomic E-state index is -0.516. The molecule has 0 radical (unpaired) electrons. The number of benzene rings is 2. The molecule has 0 unspecified atom stereocenters. The lowest BCUT2D eigenvalue weighted by atomic mass is 10.2. The van der Waals surface area contributed by atoms with Gasteiger partial charge in [0, 0.05) is 23.9 Å². The van der Waals surface area contributed by atoms with E-state index < -0.39 is 10.8 Å². The van der Waals surface area contributed by atoms with Crippen LogP contribution in [-0.4, -0.2) is 46.9 Å². The van der Waals surface area contributed by atoms with Crippen LogP contribution in [0.2, 0.25) is 0 Å². The minimum Gasteiger partial charge on any atom is -0.497 e. The molecule has 0 aliphatic heterocycles. The topological polar surface area (TPSA) is 146 Å². The van der Waals surface area contributed by atoms with Crippen molar-refractivity contribution >= 4 is 51.4 Å². The third-order valence-electron chi connectivity index (χ3n) is 3.97. The molecular formula is C19H17N5O6S2. The van der Waals surface area contributed by atoms with E-state index in [-0.39, 0.29) is 22.5 Å². The van der Waals surface area contributed by atoms with Gasteiger partial charge in [0.2, 0.25) is 11.0 Å². The fourth-order valence-corrected chi connectivity index (χ4v) is 4.01. The molecule has 166 valence electrons. The smallest absolute Gasteiger partial charge is 0.269 e. The second kappa shape index (κ2) is 10.5. The highest BCUT2D eigenvalue weighted by atomic mass is 32.2. The number of aromatic nitrogens is 2. The molecule has 0 bridgehead atoms. The fourth-order valence-electron chi connectivity index (χ4n) is 2.46. The van der Waals surface area contributed by atoms with E-state index in [0.29, 0.717) is 27.1 Å². The molecule has 1 heterocycles. The number of carbonyl (C=O) groups is 2. The van der Waals surface area contributed by atoms with Gasteiger partial charge in [0.25, 0.3) is 11.6 Å². The average Bonchev–Trinajstić information content (AvgIpc) is 3.24. The Morgan fingerprint density at radius 1 is 1.09 bits per heavy atom. The molecule has 2 N–H and O–H groups in total. The van der Waals surface area contributed by atoms with Crippen molar-refractivity contribution in [3.05, 3.63) is 58.1 Å². The molecule has 3 rings (SSSR count). The fraction of sp³-hybridized carbons (Fsp3) is 0.158. The van der Waals surface area contributed by atoms with Crippen LogP contribution in [0.15, 0.2) is 46.8 Å². The molecule has 3 aromatic rings. The lowest BCUT2D eigenvalue weighted by molar-refractivity contribution is -0.384. The van der Waals surface area contributed by atoms with Gasteiger partial charge in [-0.3, -0.25) is 25.0 Å². The Kier molecular flexibility index (Phi) is 7.57. The highest BCUT2D eigenvalue weighted by molar-refractivity contribution is 8.01. The van der Waals surface area contributed by atoms with Crippen LogP contribution in [0.25, 0.3) is 0 Å². The maximum Gasteiger partial charge on any atom is 0.269 e. The number of nitrogens with one attached hydrogen (secondary N) is 2. The maximum absolute atomic E-state index is 12.5. The van der Waals surface area contributed by atoms with Crippen LogP contribution >= 0.6 is 23.1 Å². The van der Waals surface area contributed by atoms with E-state index in [1.807, 2.05) is 0 Å². The molecule has 11 nitrogen and oxygen atoms in total. The summed E-state index contributed by atoms with van der Waals surface area (Å²) in [7, 11) is 2.97. The van der Waals surface area contributed by atoms with E-state index in [1.54, 1.807) is 18.2 Å². The van der Waals surface area contributed by atoms with E-state index in [1.165, 1.54) is 38.5 Å². The number of ether oxygens (including phenoxy) is 2. The van der Waals surface area contributed by atoms with Crippen molar-refractivity contribution in [2.24, 2.45) is 0 Å². The summed E-state index contributed by atoms with van der Waals surface area (Å²) in [5.41, 5.74) is 0.688. The van der Waals surface area contributed by atoms with Crippen molar-refractivity contribution in [2.45, 2.75) is 4.34 Å². The van der Waals surface area contributed by atoms with Crippen LogP contribution in [0.5, 0.6) is 11.5 Å². The zero-order valence-electron chi connectivity index (χ0n) is 16.9. The molecule has 0 spiro atoms. The monoisotopic (exact) mass is 475 g/mol. The Bertz CT molecular complexity index is 1140. The molecule has 1 aromatic heterocycles. The van der Waals surface area contributed by atoms with Crippen molar-refractivity contribution in [2.75, 3.05) is 30.6 Å². The first kappa shape index (κ1) is 23.0. The third-order valence-corrected chi connectivity index (χ3v) is 5.94. The number of hydrogen-bond acceptors (Lipinski definition) is 10. The Morgan fingerprint density at radius 3 is 2.50 bits per heavy atom. The Morgan fingerprint density at radius 2 is 1.84 bits per heavy atom. The SMILES string of the molecule is COc1ccc(C(=O)Nc2nnc(SCC(=O)Nc3ccc([N+](=O)[O-])cc3)s2)c(OC)c1. The molecular weight excluding hydrogens is 458 g/mol. The van der Waals surface area contributed by atoms with Crippen LogP contribution in [0, 0.1) is 10.1 Å². The molecule has 2 aromatic carbocycles. The molecule has 0 atom stereocenters. The number of methoxy groups -OCH3 is 2. The summed E-state index contributed by atoms with van der Waals surface area (Å²) in [6.45, 7) is 0. The molecule has 0 aliphatic rings. The molecule has 0 fully saturated rings. The van der Waals surface area contributed by atoms with E-state index in [9.17, 15) is 19.7 Å². The Hall–Kier alpha value is -3.71. The van der Waals surface area contributed by atoms with Gasteiger partial charge in [-0.05, 0) is 24.3 Å². The average molecular weight is 476 g/mol. The van der Waals surface area contributed by atoms with Crippen molar-refractivity contribution in [1.29, 1.82) is 0 Å². The van der Waals surface area contributed by atoms with Crippen LogP contribution < -0.4 is 20.1 Å². The predicted octanol–water partition coefficient (Wildman–Crippen LogP) is 3.45. The molecule has 0 aliphatic carbocycles. The molecule has 0 saturated carbocycles. The number of anilines is 2. The summed E-state index contributed by atoms with van der Waals surface area (Å²) < 4.78 is 10.8. The summed E-state index contributed by atoms with van der Waals surface area (Å²) in [5, 5.41) is 24.1.